The van der Waals surface area contributed by atoms with Crippen LogP contribution in [0, 0.1) is 0 Å². The van der Waals surface area contributed by atoms with Crippen LogP contribution in [0.4, 0.5) is 5.69 Å². The molecular formula is C12H17N3O4. The summed E-state index contributed by atoms with van der Waals surface area (Å²) in [5.74, 6) is -0.574. The van der Waals surface area contributed by atoms with Crippen molar-refractivity contribution in [2.45, 2.75) is 6.54 Å². The highest BCUT2D eigenvalue weighted by Gasteiger charge is 2.20. The number of anilines is 1. The molecule has 1 aromatic rings. The Labute approximate surface area is 110 Å². The number of nitrogens with two attached hydrogens (primary N) is 1. The van der Waals surface area contributed by atoms with Crippen molar-refractivity contribution < 1.29 is 19.1 Å². The van der Waals surface area contributed by atoms with Crippen molar-refractivity contribution in [2.75, 3.05) is 39.1 Å². The van der Waals surface area contributed by atoms with E-state index in [1.165, 1.54) is 17.7 Å². The van der Waals surface area contributed by atoms with Crippen molar-refractivity contribution in [3.8, 4) is 0 Å². The Hall–Kier alpha value is -2.02. The molecule has 2 N–H and O–H groups in total. The first-order valence-electron chi connectivity index (χ1n) is 6.01. The number of nitrogen functional groups attached to an aromatic ring is 1. The maximum Gasteiger partial charge on any atom is 0.354 e. The van der Waals surface area contributed by atoms with Crippen LogP contribution in [0.15, 0.2) is 12.3 Å². The molecule has 7 heteroatoms. The summed E-state index contributed by atoms with van der Waals surface area (Å²) < 4.78 is 11.4. The van der Waals surface area contributed by atoms with Crippen LogP contribution in [0.3, 0.4) is 0 Å². The number of rotatable bonds is 3. The number of carbonyl (C=O) groups excluding carboxylic acids is 2. The van der Waals surface area contributed by atoms with Crippen LogP contribution in [-0.4, -0.2) is 54.8 Å². The number of aromatic nitrogens is 1. The average molecular weight is 267 g/mol. The van der Waals surface area contributed by atoms with Gasteiger partial charge in [0.15, 0.2) is 0 Å². The second-order valence-corrected chi connectivity index (χ2v) is 4.27. The fourth-order valence-corrected chi connectivity index (χ4v) is 2.00. The van der Waals surface area contributed by atoms with Gasteiger partial charge < -0.3 is 24.7 Å². The van der Waals surface area contributed by atoms with Crippen LogP contribution < -0.4 is 5.73 Å². The maximum absolute atomic E-state index is 12.1. The zero-order chi connectivity index (χ0) is 13.8. The van der Waals surface area contributed by atoms with E-state index in [9.17, 15) is 9.59 Å². The molecule has 19 heavy (non-hydrogen) atoms. The van der Waals surface area contributed by atoms with E-state index in [4.69, 9.17) is 10.5 Å². The van der Waals surface area contributed by atoms with Gasteiger partial charge in [-0.1, -0.05) is 0 Å². The molecule has 1 fully saturated rings. The minimum absolute atomic E-state index is 0.0657. The number of morpholine rings is 1. The van der Waals surface area contributed by atoms with Gasteiger partial charge in [0.25, 0.3) is 0 Å². The molecule has 0 spiro atoms. The lowest BCUT2D eigenvalue weighted by atomic mass is 10.3. The minimum atomic E-state index is -0.508. The summed E-state index contributed by atoms with van der Waals surface area (Å²) in [6.07, 6.45) is 1.56. The van der Waals surface area contributed by atoms with E-state index in [-0.39, 0.29) is 18.1 Å². The van der Waals surface area contributed by atoms with E-state index < -0.39 is 5.97 Å². The molecule has 0 radical (unpaired) electrons. The zero-order valence-electron chi connectivity index (χ0n) is 10.8. The van der Waals surface area contributed by atoms with E-state index in [0.29, 0.717) is 32.0 Å². The molecular weight excluding hydrogens is 250 g/mol. The van der Waals surface area contributed by atoms with Crippen molar-refractivity contribution in [1.82, 2.24) is 9.47 Å². The fraction of sp³-hybridized carbons (Fsp3) is 0.500. The van der Waals surface area contributed by atoms with E-state index in [1.807, 2.05) is 0 Å². The maximum atomic E-state index is 12.1. The van der Waals surface area contributed by atoms with Crippen LogP contribution >= 0.6 is 0 Å². The van der Waals surface area contributed by atoms with Gasteiger partial charge in [0.1, 0.15) is 12.2 Å². The van der Waals surface area contributed by atoms with Gasteiger partial charge in [0.05, 0.1) is 26.0 Å². The molecule has 1 saturated heterocycles. The monoisotopic (exact) mass is 267 g/mol. The van der Waals surface area contributed by atoms with Gasteiger partial charge in [-0.3, -0.25) is 4.79 Å². The molecule has 2 heterocycles. The third-order valence-electron chi connectivity index (χ3n) is 2.98. The second-order valence-electron chi connectivity index (χ2n) is 4.27. The van der Waals surface area contributed by atoms with Crippen molar-refractivity contribution in [3.05, 3.63) is 18.0 Å². The minimum Gasteiger partial charge on any atom is -0.464 e. The number of hydrogen-bond donors (Lipinski definition) is 1. The van der Waals surface area contributed by atoms with Gasteiger partial charge in [-0.15, -0.1) is 0 Å². The highest BCUT2D eigenvalue weighted by Crippen LogP contribution is 2.12. The number of nitrogens with zero attached hydrogens (tertiary/aromatic N) is 2. The summed E-state index contributed by atoms with van der Waals surface area (Å²) >= 11 is 0. The number of carbonyl (C=O) groups is 2. The highest BCUT2D eigenvalue weighted by molar-refractivity contribution is 5.89. The first-order chi connectivity index (χ1) is 9.11. The Balaban J connectivity index is 2.09. The Bertz CT molecular complexity index is 477. The molecule has 0 bridgehead atoms. The lowest BCUT2D eigenvalue weighted by molar-refractivity contribution is -0.135. The summed E-state index contributed by atoms with van der Waals surface area (Å²) in [5.41, 5.74) is 6.36. The Morgan fingerprint density at radius 1 is 1.42 bits per heavy atom. The molecule has 0 saturated carbocycles. The highest BCUT2D eigenvalue weighted by atomic mass is 16.5. The molecule has 0 aliphatic carbocycles. The number of ether oxygens (including phenoxy) is 2. The van der Waals surface area contributed by atoms with Crippen molar-refractivity contribution in [1.29, 1.82) is 0 Å². The predicted octanol–water partition coefficient (Wildman–Crippen LogP) is -0.284. The Kier molecular flexibility index (Phi) is 4.06. The molecule has 2 rings (SSSR count). The van der Waals surface area contributed by atoms with Crippen molar-refractivity contribution in [3.63, 3.8) is 0 Å². The average Bonchev–Trinajstić information content (AvgIpc) is 2.79. The number of amides is 1. The molecule has 0 atom stereocenters. The van der Waals surface area contributed by atoms with Gasteiger partial charge >= 0.3 is 5.97 Å². The van der Waals surface area contributed by atoms with Crippen LogP contribution in [0.2, 0.25) is 0 Å². The lowest BCUT2D eigenvalue weighted by Gasteiger charge is -2.27. The van der Waals surface area contributed by atoms with E-state index in [2.05, 4.69) is 4.74 Å². The quantitative estimate of drug-likeness (QED) is 0.761. The Morgan fingerprint density at radius 2 is 2.11 bits per heavy atom. The summed E-state index contributed by atoms with van der Waals surface area (Å²) in [4.78, 5) is 25.4. The molecule has 0 unspecified atom stereocenters. The van der Waals surface area contributed by atoms with Crippen LogP contribution in [0.25, 0.3) is 0 Å². The smallest absolute Gasteiger partial charge is 0.354 e. The molecule has 1 aliphatic rings. The van der Waals surface area contributed by atoms with E-state index in [1.54, 1.807) is 11.1 Å². The van der Waals surface area contributed by atoms with Gasteiger partial charge in [0.2, 0.25) is 5.91 Å². The number of hydrogen-bond acceptors (Lipinski definition) is 5. The van der Waals surface area contributed by atoms with E-state index in [0.717, 1.165) is 0 Å². The number of esters is 1. The second kappa shape index (κ2) is 5.75. The molecule has 1 aliphatic heterocycles. The first-order valence-corrected chi connectivity index (χ1v) is 6.01. The third kappa shape index (κ3) is 3.05. The SMILES string of the molecule is COC(=O)c1cc(N)cn1CC(=O)N1CCOCC1. The van der Waals surface area contributed by atoms with Crippen LogP contribution in [-0.2, 0) is 20.8 Å². The fourth-order valence-electron chi connectivity index (χ4n) is 2.00. The largest absolute Gasteiger partial charge is 0.464 e. The van der Waals surface area contributed by atoms with E-state index >= 15 is 0 Å². The molecule has 104 valence electrons. The van der Waals surface area contributed by atoms with Crippen molar-refractivity contribution >= 4 is 17.6 Å². The number of methoxy groups -OCH3 is 1. The zero-order valence-corrected chi connectivity index (χ0v) is 10.8. The van der Waals surface area contributed by atoms with Gasteiger partial charge in [-0.05, 0) is 6.07 Å². The molecule has 1 amide bonds. The molecule has 0 aromatic carbocycles. The summed E-state index contributed by atoms with van der Waals surface area (Å²) in [7, 11) is 1.29. The third-order valence-corrected chi connectivity index (χ3v) is 2.98. The van der Waals surface area contributed by atoms with Gasteiger partial charge in [-0.25, -0.2) is 4.79 Å². The van der Waals surface area contributed by atoms with Crippen LogP contribution in [0.1, 0.15) is 10.5 Å². The van der Waals surface area contributed by atoms with Crippen molar-refractivity contribution in [2.24, 2.45) is 0 Å². The van der Waals surface area contributed by atoms with Gasteiger partial charge in [0, 0.05) is 19.3 Å². The normalized spacial score (nSPS) is 15.3. The van der Waals surface area contributed by atoms with Crippen LogP contribution in [0.5, 0.6) is 0 Å². The predicted molar refractivity (Wildman–Crippen MR) is 67.6 cm³/mol. The summed E-state index contributed by atoms with van der Waals surface area (Å²) in [6.45, 7) is 2.31. The first kappa shape index (κ1) is 13.4. The molecule has 7 nitrogen and oxygen atoms in total. The topological polar surface area (TPSA) is 86.8 Å². The summed E-state index contributed by atoms with van der Waals surface area (Å²) in [6, 6.07) is 1.50. The van der Waals surface area contributed by atoms with Gasteiger partial charge in [-0.2, -0.15) is 0 Å². The lowest BCUT2D eigenvalue weighted by Crippen LogP contribution is -2.42. The molecule has 1 aromatic heterocycles. The Morgan fingerprint density at radius 3 is 2.74 bits per heavy atom. The standard InChI is InChI=1S/C12H17N3O4/c1-18-12(17)10-6-9(13)7-15(10)8-11(16)14-2-4-19-5-3-14/h6-7H,2-5,8,13H2,1H3. The summed E-state index contributed by atoms with van der Waals surface area (Å²) in [5, 5.41) is 0.